The molecule has 0 aliphatic heterocycles. The summed E-state index contributed by atoms with van der Waals surface area (Å²) >= 11 is 0. The molecule has 14 nitrogen and oxygen atoms in total. The lowest BCUT2D eigenvalue weighted by Crippen LogP contribution is -2.38. The molecule has 0 radical (unpaired) electrons. The molecular formula is C14H15N7O7. The second-order valence-corrected chi connectivity index (χ2v) is 5.30. The van der Waals surface area contributed by atoms with Crippen LogP contribution in [0.25, 0.3) is 0 Å². The van der Waals surface area contributed by atoms with Crippen LogP contribution < -0.4 is 26.7 Å². The van der Waals surface area contributed by atoms with Crippen LogP contribution in [0.3, 0.4) is 0 Å². The smallest absolute Gasteiger partial charge is 0.342 e. The van der Waals surface area contributed by atoms with Gasteiger partial charge in [0, 0.05) is 11.6 Å². The van der Waals surface area contributed by atoms with E-state index >= 15 is 0 Å². The van der Waals surface area contributed by atoms with Crippen LogP contribution in [-0.4, -0.2) is 50.5 Å². The van der Waals surface area contributed by atoms with Gasteiger partial charge in [0.05, 0.1) is 18.2 Å². The molecular weight excluding hydrogens is 378 g/mol. The highest BCUT2D eigenvalue weighted by Gasteiger charge is 2.19. The molecule has 5 N–H and O–H groups in total. The maximum atomic E-state index is 12.0. The van der Waals surface area contributed by atoms with Crippen molar-refractivity contribution in [2.24, 2.45) is 5.10 Å². The number of aromatic amines is 2. The Labute approximate surface area is 155 Å². The molecule has 28 heavy (non-hydrogen) atoms. The van der Waals surface area contributed by atoms with Crippen LogP contribution in [0.2, 0.25) is 0 Å². The molecule has 1 heterocycles. The number of H-pyrrole nitrogens is 2. The Kier molecular flexibility index (Phi) is 6.05. The van der Waals surface area contributed by atoms with Crippen molar-refractivity contribution in [2.45, 2.75) is 13.0 Å². The first-order chi connectivity index (χ1) is 13.2. The minimum absolute atomic E-state index is 0.139. The molecule has 0 unspecified atom stereocenters. The number of aromatic nitrogens is 3. The first kappa shape index (κ1) is 20.1. The van der Waals surface area contributed by atoms with Crippen LogP contribution in [0.15, 0.2) is 26.8 Å². The Morgan fingerprint density at radius 2 is 2.18 bits per heavy atom. The van der Waals surface area contributed by atoms with Gasteiger partial charge in [0.1, 0.15) is 6.04 Å². The third-order valence-electron chi connectivity index (χ3n) is 3.34. The highest BCUT2D eigenvalue weighted by molar-refractivity contribution is 5.87. The first-order valence-corrected chi connectivity index (χ1v) is 7.56. The molecule has 2 aromatic rings. The Hall–Kier alpha value is -4.23. The molecule has 0 fully saturated rings. The average Bonchev–Trinajstić information content (AvgIpc) is 2.64. The maximum absolute atomic E-state index is 12.0. The number of nitro benzene ring substituents is 1. The minimum Gasteiger partial charge on any atom is -0.500 e. The van der Waals surface area contributed by atoms with E-state index in [0.717, 1.165) is 12.3 Å². The second kappa shape index (κ2) is 8.43. The molecule has 1 aromatic heterocycles. The number of rotatable bonds is 7. The summed E-state index contributed by atoms with van der Waals surface area (Å²) in [5.74, 6) is -1.71. The number of methoxy groups -OCH3 is 1. The summed E-state index contributed by atoms with van der Waals surface area (Å²) in [7, 11) is 1.22. The SMILES string of the molecule is COc1cc(/C=N\NC(=O)[C@H](C)Nc2n[nH]c(=O)[nH]c2=O)cc([N+](=O)[O-])c1O. The molecule has 1 amide bonds. The minimum atomic E-state index is -0.958. The normalized spacial score (nSPS) is 11.8. The number of carbonyl (C=O) groups is 1. The zero-order chi connectivity index (χ0) is 20.8. The molecule has 14 heteroatoms. The summed E-state index contributed by atoms with van der Waals surface area (Å²) in [6, 6.07) is 1.36. The van der Waals surface area contributed by atoms with E-state index in [1.165, 1.54) is 20.1 Å². The standard InChI is InChI=1S/C14H15N7O7/c1-6(16-11-13(24)17-14(25)20-18-11)12(23)19-15-5-7-3-8(21(26)27)10(22)9(4-7)28-2/h3-6,22H,1-2H3,(H,16,18)(H,19,23)(H2,17,20,24,25)/b15-5-/t6-/m0/s1. The highest BCUT2D eigenvalue weighted by Crippen LogP contribution is 2.36. The molecule has 0 aliphatic carbocycles. The first-order valence-electron chi connectivity index (χ1n) is 7.56. The molecule has 1 atom stereocenters. The van der Waals surface area contributed by atoms with E-state index in [0.29, 0.717) is 0 Å². The Bertz CT molecular complexity index is 1040. The number of hydrazone groups is 1. The number of nitrogens with one attached hydrogen (secondary N) is 4. The number of phenols is 1. The van der Waals surface area contributed by atoms with Gasteiger partial charge in [0.2, 0.25) is 11.6 Å². The quantitative estimate of drug-likeness (QED) is 0.222. The molecule has 0 saturated carbocycles. The molecule has 148 valence electrons. The summed E-state index contributed by atoms with van der Waals surface area (Å²) in [6.07, 6.45) is 1.10. The fourth-order valence-corrected chi connectivity index (χ4v) is 1.97. The van der Waals surface area contributed by atoms with Crippen molar-refractivity contribution in [3.8, 4) is 11.5 Å². The largest absolute Gasteiger partial charge is 0.500 e. The van der Waals surface area contributed by atoms with Crippen LogP contribution in [0.4, 0.5) is 11.5 Å². The van der Waals surface area contributed by atoms with E-state index in [1.807, 2.05) is 10.1 Å². The molecule has 0 bridgehead atoms. The summed E-state index contributed by atoms with van der Waals surface area (Å²) in [5, 5.41) is 32.3. The van der Waals surface area contributed by atoms with Crippen molar-refractivity contribution in [3.05, 3.63) is 48.6 Å². The number of anilines is 1. The van der Waals surface area contributed by atoms with Gasteiger partial charge in [-0.25, -0.2) is 15.3 Å². The number of ether oxygens (including phenoxy) is 1. The average molecular weight is 393 g/mol. The fourth-order valence-electron chi connectivity index (χ4n) is 1.97. The van der Waals surface area contributed by atoms with Crippen LogP contribution in [-0.2, 0) is 4.79 Å². The van der Waals surface area contributed by atoms with Crippen LogP contribution in [0.1, 0.15) is 12.5 Å². The fraction of sp³-hybridized carbons (Fsp3) is 0.214. The summed E-state index contributed by atoms with van der Waals surface area (Å²) in [4.78, 5) is 46.5. The van der Waals surface area contributed by atoms with Crippen LogP contribution in [0.5, 0.6) is 11.5 Å². The van der Waals surface area contributed by atoms with E-state index in [1.54, 1.807) is 0 Å². The van der Waals surface area contributed by atoms with Gasteiger partial charge in [-0.2, -0.15) is 5.10 Å². The van der Waals surface area contributed by atoms with Crippen molar-refractivity contribution in [3.63, 3.8) is 0 Å². The number of hydrogen-bond acceptors (Lipinski definition) is 10. The summed E-state index contributed by atoms with van der Waals surface area (Å²) in [5.41, 5.74) is 0.150. The van der Waals surface area contributed by atoms with E-state index in [4.69, 9.17) is 4.74 Å². The summed E-state index contributed by atoms with van der Waals surface area (Å²) < 4.78 is 4.85. The lowest BCUT2D eigenvalue weighted by molar-refractivity contribution is -0.386. The Morgan fingerprint density at radius 3 is 2.79 bits per heavy atom. The lowest BCUT2D eigenvalue weighted by atomic mass is 10.2. The number of carbonyl (C=O) groups excluding carboxylic acids is 1. The zero-order valence-electron chi connectivity index (χ0n) is 14.5. The number of nitro groups is 1. The van der Waals surface area contributed by atoms with E-state index in [2.05, 4.69) is 20.9 Å². The lowest BCUT2D eigenvalue weighted by Gasteiger charge is -2.11. The van der Waals surface area contributed by atoms with Gasteiger partial charge >= 0.3 is 11.4 Å². The van der Waals surface area contributed by atoms with Gasteiger partial charge in [0.25, 0.3) is 11.5 Å². The summed E-state index contributed by atoms with van der Waals surface area (Å²) in [6.45, 7) is 1.41. The van der Waals surface area contributed by atoms with Crippen molar-refractivity contribution < 1.29 is 19.6 Å². The molecule has 1 aromatic carbocycles. The van der Waals surface area contributed by atoms with E-state index in [-0.39, 0.29) is 17.1 Å². The molecule has 0 aliphatic rings. The molecule has 0 spiro atoms. The molecule has 2 rings (SSSR count). The van der Waals surface area contributed by atoms with Gasteiger partial charge in [0.15, 0.2) is 5.75 Å². The van der Waals surface area contributed by atoms with Gasteiger partial charge < -0.3 is 15.2 Å². The van der Waals surface area contributed by atoms with Gasteiger partial charge in [-0.1, -0.05) is 0 Å². The maximum Gasteiger partial charge on any atom is 0.342 e. The van der Waals surface area contributed by atoms with Crippen LogP contribution >= 0.6 is 0 Å². The second-order valence-electron chi connectivity index (χ2n) is 5.30. The van der Waals surface area contributed by atoms with E-state index < -0.39 is 39.6 Å². The third-order valence-corrected chi connectivity index (χ3v) is 3.34. The van der Waals surface area contributed by atoms with Crippen molar-refractivity contribution >= 4 is 23.6 Å². The Balaban J connectivity index is 2.08. The number of hydrogen-bond donors (Lipinski definition) is 5. The number of aromatic hydroxyl groups is 1. The van der Waals surface area contributed by atoms with Crippen molar-refractivity contribution in [1.29, 1.82) is 0 Å². The predicted octanol–water partition coefficient (Wildman–Crippen LogP) is -0.969. The number of amides is 1. The monoisotopic (exact) mass is 393 g/mol. The highest BCUT2D eigenvalue weighted by atomic mass is 16.6. The van der Waals surface area contributed by atoms with Gasteiger partial charge in [-0.3, -0.25) is 24.7 Å². The Morgan fingerprint density at radius 1 is 1.46 bits per heavy atom. The zero-order valence-corrected chi connectivity index (χ0v) is 14.5. The van der Waals surface area contributed by atoms with E-state index in [9.17, 15) is 29.6 Å². The third kappa shape index (κ3) is 4.69. The van der Waals surface area contributed by atoms with Crippen LogP contribution in [0, 0.1) is 10.1 Å². The number of benzene rings is 1. The van der Waals surface area contributed by atoms with Crippen molar-refractivity contribution in [1.82, 2.24) is 20.6 Å². The van der Waals surface area contributed by atoms with Crippen molar-refractivity contribution in [2.75, 3.05) is 12.4 Å². The number of phenolic OH excluding ortho intramolecular Hbond substituents is 1. The number of nitrogens with zero attached hydrogens (tertiary/aromatic N) is 3. The molecule has 0 saturated heterocycles. The van der Waals surface area contributed by atoms with Gasteiger partial charge in [-0.15, -0.1) is 5.10 Å². The van der Waals surface area contributed by atoms with Gasteiger partial charge in [-0.05, 0) is 13.0 Å². The predicted molar refractivity (Wildman–Crippen MR) is 95.6 cm³/mol. The topological polar surface area (TPSA) is 205 Å².